The van der Waals surface area contributed by atoms with Crippen LogP contribution in [0.1, 0.15) is 26.2 Å². The Hall–Kier alpha value is -0.990. The van der Waals surface area contributed by atoms with E-state index in [-0.39, 0.29) is 0 Å². The predicted molar refractivity (Wildman–Crippen MR) is 50.9 cm³/mol. The van der Waals surface area contributed by atoms with E-state index in [1.807, 2.05) is 6.08 Å². The van der Waals surface area contributed by atoms with Crippen molar-refractivity contribution in [2.75, 3.05) is 0 Å². The molecule has 0 unspecified atom stereocenters. The molecule has 0 aliphatic heterocycles. The standard InChI is InChI=1S/C11H13F3/c1-9-6-4-2-3-5-7-10(8-9)11(12,13)14/h5-8H,2-4H2,1H3/b7-5+,9-6?,10-8?. The second kappa shape index (κ2) is 4.49. The molecule has 1 aliphatic rings. The minimum atomic E-state index is -4.24. The summed E-state index contributed by atoms with van der Waals surface area (Å²) in [5, 5.41) is 0. The summed E-state index contributed by atoms with van der Waals surface area (Å²) in [5.41, 5.74) is 0.122. The van der Waals surface area contributed by atoms with Gasteiger partial charge < -0.3 is 0 Å². The summed E-state index contributed by atoms with van der Waals surface area (Å²) < 4.78 is 37.2. The predicted octanol–water partition coefficient (Wildman–Crippen LogP) is 4.16. The summed E-state index contributed by atoms with van der Waals surface area (Å²) in [6.45, 7) is 1.70. The Morgan fingerprint density at radius 1 is 1.21 bits per heavy atom. The summed E-state index contributed by atoms with van der Waals surface area (Å²) >= 11 is 0. The third-order valence-electron chi connectivity index (χ3n) is 2.05. The van der Waals surface area contributed by atoms with Gasteiger partial charge >= 0.3 is 6.18 Å². The molecule has 0 N–H and O–H groups in total. The Balaban J connectivity index is 2.97. The highest BCUT2D eigenvalue weighted by Crippen LogP contribution is 2.28. The van der Waals surface area contributed by atoms with Gasteiger partial charge in [0.15, 0.2) is 0 Å². The lowest BCUT2D eigenvalue weighted by Crippen LogP contribution is -2.10. The van der Waals surface area contributed by atoms with Crippen molar-refractivity contribution in [3.05, 3.63) is 35.5 Å². The van der Waals surface area contributed by atoms with Crippen LogP contribution in [0.2, 0.25) is 0 Å². The zero-order valence-corrected chi connectivity index (χ0v) is 8.06. The van der Waals surface area contributed by atoms with E-state index in [1.165, 1.54) is 12.2 Å². The molecule has 3 heteroatoms. The van der Waals surface area contributed by atoms with Gasteiger partial charge in [-0.15, -0.1) is 0 Å². The molecule has 1 aliphatic carbocycles. The fourth-order valence-corrected chi connectivity index (χ4v) is 1.30. The van der Waals surface area contributed by atoms with Crippen LogP contribution in [0.5, 0.6) is 0 Å². The smallest absolute Gasteiger partial charge is 0.166 e. The molecule has 0 heterocycles. The van der Waals surface area contributed by atoms with Crippen molar-refractivity contribution >= 4 is 0 Å². The van der Waals surface area contributed by atoms with Gasteiger partial charge in [-0.3, -0.25) is 0 Å². The van der Waals surface area contributed by atoms with Crippen LogP contribution in [0.4, 0.5) is 13.2 Å². The average Bonchev–Trinajstić information content (AvgIpc) is 2.15. The Labute approximate surface area is 81.8 Å². The van der Waals surface area contributed by atoms with E-state index in [2.05, 4.69) is 0 Å². The average molecular weight is 202 g/mol. The van der Waals surface area contributed by atoms with Crippen LogP contribution in [0.15, 0.2) is 35.5 Å². The van der Waals surface area contributed by atoms with Gasteiger partial charge in [-0.05, 0) is 32.3 Å². The minimum Gasteiger partial charge on any atom is -0.166 e. The van der Waals surface area contributed by atoms with Gasteiger partial charge in [0, 0.05) is 0 Å². The Bertz CT molecular complexity index is 279. The Morgan fingerprint density at radius 3 is 2.57 bits per heavy atom. The molecule has 1 rings (SSSR count). The number of allylic oxidation sites excluding steroid dienone is 6. The Morgan fingerprint density at radius 2 is 1.93 bits per heavy atom. The maximum atomic E-state index is 12.4. The van der Waals surface area contributed by atoms with E-state index in [1.54, 1.807) is 13.0 Å². The molecular weight excluding hydrogens is 189 g/mol. The molecular formula is C11H13F3. The van der Waals surface area contributed by atoms with Crippen LogP contribution in [0.25, 0.3) is 0 Å². The van der Waals surface area contributed by atoms with E-state index in [4.69, 9.17) is 0 Å². The first-order valence-electron chi connectivity index (χ1n) is 4.62. The maximum absolute atomic E-state index is 12.4. The van der Waals surface area contributed by atoms with Crippen molar-refractivity contribution in [3.63, 3.8) is 0 Å². The van der Waals surface area contributed by atoms with Crippen LogP contribution < -0.4 is 0 Å². The van der Waals surface area contributed by atoms with Crippen LogP contribution in [-0.4, -0.2) is 6.18 Å². The molecule has 0 aromatic carbocycles. The van der Waals surface area contributed by atoms with Crippen LogP contribution in [0, 0.1) is 0 Å². The van der Waals surface area contributed by atoms with Gasteiger partial charge in [-0.1, -0.05) is 23.8 Å². The molecule has 0 fully saturated rings. The first-order chi connectivity index (χ1) is 6.50. The fraction of sp³-hybridized carbons (Fsp3) is 0.455. The summed E-state index contributed by atoms with van der Waals surface area (Å²) in [7, 11) is 0. The van der Waals surface area contributed by atoms with E-state index in [0.29, 0.717) is 12.0 Å². The molecule has 0 nitrogen and oxygen atoms in total. The molecule has 0 spiro atoms. The van der Waals surface area contributed by atoms with E-state index in [0.717, 1.165) is 12.8 Å². The van der Waals surface area contributed by atoms with Crippen molar-refractivity contribution in [1.29, 1.82) is 0 Å². The quantitative estimate of drug-likeness (QED) is 0.553. The van der Waals surface area contributed by atoms with Gasteiger partial charge in [-0.2, -0.15) is 13.2 Å². The van der Waals surface area contributed by atoms with Gasteiger partial charge in [0.25, 0.3) is 0 Å². The largest absolute Gasteiger partial charge is 0.416 e. The van der Waals surface area contributed by atoms with Gasteiger partial charge in [0.1, 0.15) is 0 Å². The fourth-order valence-electron chi connectivity index (χ4n) is 1.30. The van der Waals surface area contributed by atoms with Gasteiger partial charge in [0.2, 0.25) is 0 Å². The molecule has 0 radical (unpaired) electrons. The third kappa shape index (κ3) is 3.40. The van der Waals surface area contributed by atoms with Gasteiger partial charge in [-0.25, -0.2) is 0 Å². The van der Waals surface area contributed by atoms with Crippen molar-refractivity contribution in [1.82, 2.24) is 0 Å². The molecule has 0 aromatic heterocycles. The third-order valence-corrected chi connectivity index (χ3v) is 2.05. The number of alkyl halides is 3. The van der Waals surface area contributed by atoms with Crippen LogP contribution in [-0.2, 0) is 0 Å². The highest BCUT2D eigenvalue weighted by Gasteiger charge is 2.31. The molecule has 0 saturated heterocycles. The van der Waals surface area contributed by atoms with Gasteiger partial charge in [0.05, 0.1) is 5.57 Å². The zero-order valence-electron chi connectivity index (χ0n) is 8.06. The second-order valence-electron chi connectivity index (χ2n) is 3.38. The molecule has 0 aromatic rings. The van der Waals surface area contributed by atoms with Crippen molar-refractivity contribution in [2.24, 2.45) is 0 Å². The first-order valence-corrected chi connectivity index (χ1v) is 4.62. The van der Waals surface area contributed by atoms with Crippen molar-refractivity contribution < 1.29 is 13.2 Å². The zero-order chi connectivity index (χ0) is 10.6. The molecule has 0 atom stereocenters. The molecule has 78 valence electrons. The van der Waals surface area contributed by atoms with E-state index < -0.39 is 11.7 Å². The lowest BCUT2D eigenvalue weighted by atomic mass is 10.1. The number of hydrogen-bond donors (Lipinski definition) is 0. The highest BCUT2D eigenvalue weighted by molar-refractivity contribution is 5.32. The highest BCUT2D eigenvalue weighted by atomic mass is 19.4. The second-order valence-corrected chi connectivity index (χ2v) is 3.38. The van der Waals surface area contributed by atoms with Crippen molar-refractivity contribution in [2.45, 2.75) is 32.4 Å². The number of rotatable bonds is 0. The molecule has 0 amide bonds. The normalized spacial score (nSPS) is 21.4. The SMILES string of the molecule is CC1=CCCC/C=C/C(C(F)(F)F)=C1. The number of hydrogen-bond acceptors (Lipinski definition) is 0. The summed E-state index contributed by atoms with van der Waals surface area (Å²) in [5.74, 6) is 0. The molecule has 0 saturated carbocycles. The first kappa shape index (κ1) is 11.1. The lowest BCUT2D eigenvalue weighted by Gasteiger charge is -2.07. The van der Waals surface area contributed by atoms with E-state index in [9.17, 15) is 13.2 Å². The van der Waals surface area contributed by atoms with Crippen molar-refractivity contribution in [3.8, 4) is 0 Å². The Kier molecular flexibility index (Phi) is 3.55. The monoisotopic (exact) mass is 202 g/mol. The summed E-state index contributed by atoms with van der Waals surface area (Å²) in [6.07, 6.45) is 4.02. The maximum Gasteiger partial charge on any atom is 0.416 e. The topological polar surface area (TPSA) is 0 Å². The summed E-state index contributed by atoms with van der Waals surface area (Å²) in [6, 6.07) is 0. The lowest BCUT2D eigenvalue weighted by molar-refractivity contribution is -0.0882. The molecule has 14 heavy (non-hydrogen) atoms. The van der Waals surface area contributed by atoms with Crippen LogP contribution >= 0.6 is 0 Å². The molecule has 0 bridgehead atoms. The van der Waals surface area contributed by atoms with Crippen LogP contribution in [0.3, 0.4) is 0 Å². The summed E-state index contributed by atoms with van der Waals surface area (Å²) in [4.78, 5) is 0. The minimum absolute atomic E-state index is 0.562. The number of halogens is 3. The van der Waals surface area contributed by atoms with E-state index >= 15 is 0 Å².